The van der Waals surface area contributed by atoms with Gasteiger partial charge in [-0.1, -0.05) is 6.07 Å². The second-order valence-electron chi connectivity index (χ2n) is 7.76. The zero-order chi connectivity index (χ0) is 22.2. The Kier molecular flexibility index (Phi) is 4.95. The van der Waals surface area contributed by atoms with Crippen LogP contribution in [-0.2, 0) is 4.74 Å². The lowest BCUT2D eigenvalue weighted by Gasteiger charge is -2.28. The molecule has 3 heterocycles. The molecular formula is C23H23N7O2. The smallest absolute Gasteiger partial charge is 0.269 e. The maximum Gasteiger partial charge on any atom is 0.269 e. The number of primary amides is 1. The third kappa shape index (κ3) is 3.42. The van der Waals surface area contributed by atoms with Gasteiger partial charge in [-0.25, -0.2) is 9.97 Å². The monoisotopic (exact) mass is 429 g/mol. The molecule has 32 heavy (non-hydrogen) atoms. The van der Waals surface area contributed by atoms with Crippen molar-refractivity contribution >= 4 is 28.2 Å². The number of carbonyl (C=O) groups excluding carboxylic acids is 1. The quantitative estimate of drug-likeness (QED) is 0.453. The molecule has 9 heteroatoms. The number of benzene rings is 2. The van der Waals surface area contributed by atoms with Crippen molar-refractivity contribution in [2.24, 2.45) is 5.73 Å². The first-order valence-electron chi connectivity index (χ1n) is 10.4. The highest BCUT2D eigenvalue weighted by Gasteiger charge is 2.21. The van der Waals surface area contributed by atoms with E-state index >= 15 is 0 Å². The lowest BCUT2D eigenvalue weighted by Crippen LogP contribution is -2.36. The summed E-state index contributed by atoms with van der Waals surface area (Å²) in [6.07, 6.45) is 1.72. The molecule has 9 nitrogen and oxygen atoms in total. The highest BCUT2D eigenvalue weighted by atomic mass is 16.5. The van der Waals surface area contributed by atoms with Crippen molar-refractivity contribution < 1.29 is 9.53 Å². The van der Waals surface area contributed by atoms with Crippen molar-refractivity contribution in [1.82, 2.24) is 20.2 Å². The molecule has 0 atom stereocenters. The normalized spacial score (nSPS) is 14.1. The number of nitrogens with one attached hydrogen (secondary N) is 1. The van der Waals surface area contributed by atoms with Crippen LogP contribution in [0.5, 0.6) is 0 Å². The Morgan fingerprint density at radius 3 is 2.56 bits per heavy atom. The van der Waals surface area contributed by atoms with Gasteiger partial charge in [0.05, 0.1) is 36.3 Å². The summed E-state index contributed by atoms with van der Waals surface area (Å²) < 4.78 is 5.43. The summed E-state index contributed by atoms with van der Waals surface area (Å²) in [5, 5.41) is 7.95. The molecule has 4 aromatic rings. The summed E-state index contributed by atoms with van der Waals surface area (Å²) in [4.78, 5) is 23.6. The van der Waals surface area contributed by atoms with Gasteiger partial charge in [0.1, 0.15) is 0 Å². The molecule has 0 spiro atoms. The third-order valence-corrected chi connectivity index (χ3v) is 5.75. The molecule has 0 bridgehead atoms. The number of nitrogens with two attached hydrogens (primary N) is 2. The summed E-state index contributed by atoms with van der Waals surface area (Å²) in [5.74, 6) is -0.314. The topological polar surface area (TPSA) is 136 Å². The zero-order valence-electron chi connectivity index (χ0n) is 17.6. The number of aryl methyl sites for hydroxylation is 1. The molecule has 0 aliphatic carbocycles. The van der Waals surface area contributed by atoms with Crippen LogP contribution < -0.4 is 16.4 Å². The fraction of sp³-hybridized carbons (Fsp3) is 0.217. The van der Waals surface area contributed by atoms with E-state index in [-0.39, 0.29) is 11.4 Å². The molecule has 0 saturated carbocycles. The van der Waals surface area contributed by atoms with E-state index < -0.39 is 5.91 Å². The second-order valence-corrected chi connectivity index (χ2v) is 7.76. The lowest BCUT2D eigenvalue weighted by atomic mass is 9.99. The number of morpholine rings is 1. The number of aromatic amines is 1. The first kappa shape index (κ1) is 20.0. The molecule has 0 radical (unpaired) electrons. The Bertz CT molecular complexity index is 1310. The van der Waals surface area contributed by atoms with Crippen molar-refractivity contribution in [2.45, 2.75) is 6.92 Å². The summed E-state index contributed by atoms with van der Waals surface area (Å²) in [6.45, 7) is 5.09. The third-order valence-electron chi connectivity index (χ3n) is 5.75. The fourth-order valence-corrected chi connectivity index (χ4v) is 4.06. The number of rotatable bonds is 4. The van der Waals surface area contributed by atoms with Gasteiger partial charge in [-0.05, 0) is 42.8 Å². The summed E-state index contributed by atoms with van der Waals surface area (Å²) in [5.41, 5.74) is 17.0. The number of H-pyrrole nitrogens is 1. The van der Waals surface area contributed by atoms with Crippen LogP contribution in [0.3, 0.4) is 0 Å². The largest absolute Gasteiger partial charge is 0.395 e. The second kappa shape index (κ2) is 7.93. The predicted molar refractivity (Wildman–Crippen MR) is 123 cm³/mol. The van der Waals surface area contributed by atoms with Crippen LogP contribution >= 0.6 is 0 Å². The molecule has 0 unspecified atom stereocenters. The lowest BCUT2D eigenvalue weighted by molar-refractivity contribution is 0.0996. The first-order valence-corrected chi connectivity index (χ1v) is 10.4. The number of hydrogen-bond donors (Lipinski definition) is 3. The maximum absolute atomic E-state index is 12.2. The first-order chi connectivity index (χ1) is 15.5. The molecule has 2 aromatic carbocycles. The fourth-order valence-electron chi connectivity index (χ4n) is 4.06. The summed E-state index contributed by atoms with van der Waals surface area (Å²) in [6, 6.07) is 11.8. The van der Waals surface area contributed by atoms with Gasteiger partial charge in [-0.2, -0.15) is 5.10 Å². The van der Waals surface area contributed by atoms with Gasteiger partial charge in [0.25, 0.3) is 5.91 Å². The van der Waals surface area contributed by atoms with E-state index in [1.54, 1.807) is 6.20 Å². The number of nitrogen functional groups attached to an aromatic ring is 1. The minimum absolute atomic E-state index is 0.00199. The van der Waals surface area contributed by atoms with E-state index in [0.29, 0.717) is 24.7 Å². The number of hydrogen-bond acceptors (Lipinski definition) is 7. The van der Waals surface area contributed by atoms with Gasteiger partial charge in [-0.3, -0.25) is 9.89 Å². The number of amides is 1. The van der Waals surface area contributed by atoms with E-state index in [4.69, 9.17) is 21.2 Å². The van der Waals surface area contributed by atoms with Gasteiger partial charge in [0.2, 0.25) is 0 Å². The molecule has 1 amide bonds. The van der Waals surface area contributed by atoms with E-state index in [0.717, 1.165) is 46.4 Å². The molecule has 5 N–H and O–H groups in total. The Morgan fingerprint density at radius 1 is 1.09 bits per heavy atom. The Morgan fingerprint density at radius 2 is 1.84 bits per heavy atom. The van der Waals surface area contributed by atoms with Crippen LogP contribution in [0.2, 0.25) is 0 Å². The van der Waals surface area contributed by atoms with Gasteiger partial charge in [0.15, 0.2) is 11.5 Å². The van der Waals surface area contributed by atoms with Crippen LogP contribution in [0.25, 0.3) is 33.5 Å². The van der Waals surface area contributed by atoms with E-state index in [2.05, 4.69) is 20.1 Å². The highest BCUT2D eigenvalue weighted by molar-refractivity contribution is 6.04. The molecular weight excluding hydrogens is 406 g/mol. The van der Waals surface area contributed by atoms with E-state index in [1.165, 1.54) is 0 Å². The molecule has 2 aromatic heterocycles. The van der Waals surface area contributed by atoms with Gasteiger partial charge in [-0.15, -0.1) is 0 Å². The van der Waals surface area contributed by atoms with Gasteiger partial charge >= 0.3 is 0 Å². The standard InChI is InChI=1S/C23H23N7O2/c1-13-2-7-17-16(12-26-29-17)18(13)20-19(24)21(22(25)31)28-23(27-20)14-3-5-15(6-4-14)30-8-10-32-11-9-30/h2-7,12H,8-11,24H2,1H3,(H2,25,31)(H,26,29). The molecule has 1 aliphatic heterocycles. The van der Waals surface area contributed by atoms with Crippen molar-refractivity contribution in [3.63, 3.8) is 0 Å². The van der Waals surface area contributed by atoms with Crippen molar-refractivity contribution in [3.05, 3.63) is 53.9 Å². The van der Waals surface area contributed by atoms with Crippen LogP contribution in [0.15, 0.2) is 42.6 Å². The molecule has 1 aliphatic rings. The maximum atomic E-state index is 12.2. The average Bonchev–Trinajstić information content (AvgIpc) is 3.29. The van der Waals surface area contributed by atoms with Crippen LogP contribution in [0.4, 0.5) is 11.4 Å². The van der Waals surface area contributed by atoms with Crippen molar-refractivity contribution in [3.8, 4) is 22.6 Å². The SMILES string of the molecule is Cc1ccc2[nH]ncc2c1-c1nc(-c2ccc(N3CCOCC3)cc2)nc(C(N)=O)c1N. The highest BCUT2D eigenvalue weighted by Crippen LogP contribution is 2.36. The average molecular weight is 429 g/mol. The van der Waals surface area contributed by atoms with Crippen molar-refractivity contribution in [2.75, 3.05) is 36.9 Å². The molecule has 5 rings (SSSR count). The van der Waals surface area contributed by atoms with Crippen LogP contribution in [0, 0.1) is 6.92 Å². The Balaban J connectivity index is 1.64. The van der Waals surface area contributed by atoms with E-state index in [9.17, 15) is 4.79 Å². The van der Waals surface area contributed by atoms with Crippen LogP contribution in [-0.4, -0.2) is 52.4 Å². The number of ether oxygens (including phenoxy) is 1. The zero-order valence-corrected chi connectivity index (χ0v) is 17.6. The number of carbonyl (C=O) groups is 1. The number of aromatic nitrogens is 4. The Labute approximate surface area is 184 Å². The summed E-state index contributed by atoms with van der Waals surface area (Å²) in [7, 11) is 0. The molecule has 1 fully saturated rings. The molecule has 1 saturated heterocycles. The Hall–Kier alpha value is -3.98. The number of nitrogens with zero attached hydrogens (tertiary/aromatic N) is 4. The van der Waals surface area contributed by atoms with Gasteiger partial charge in [0, 0.05) is 35.3 Å². The molecule has 162 valence electrons. The number of fused-ring (bicyclic) bond motifs is 1. The minimum atomic E-state index is -0.700. The minimum Gasteiger partial charge on any atom is -0.395 e. The predicted octanol–water partition coefficient (Wildman–Crippen LogP) is 2.51. The van der Waals surface area contributed by atoms with Crippen LogP contribution in [0.1, 0.15) is 16.1 Å². The van der Waals surface area contributed by atoms with Gasteiger partial charge < -0.3 is 21.1 Å². The number of anilines is 2. The van der Waals surface area contributed by atoms with Crippen molar-refractivity contribution in [1.29, 1.82) is 0 Å². The summed E-state index contributed by atoms with van der Waals surface area (Å²) >= 11 is 0. The van der Waals surface area contributed by atoms with E-state index in [1.807, 2.05) is 43.3 Å².